The van der Waals surface area contributed by atoms with Gasteiger partial charge in [0.15, 0.2) is 0 Å². The predicted molar refractivity (Wildman–Crippen MR) is 62.9 cm³/mol. The molecule has 0 unspecified atom stereocenters. The number of ether oxygens (including phenoxy) is 2. The van der Waals surface area contributed by atoms with Gasteiger partial charge in [0.2, 0.25) is 0 Å². The van der Waals surface area contributed by atoms with E-state index in [1.54, 1.807) is 32.7 Å². The van der Waals surface area contributed by atoms with Gasteiger partial charge in [-0.2, -0.15) is 5.26 Å². The molecule has 88 valence electrons. The lowest BCUT2D eigenvalue weighted by Gasteiger charge is -2.07. The Hall–Kier alpha value is -2.06. The molecule has 1 heterocycles. The van der Waals surface area contributed by atoms with Crippen molar-refractivity contribution in [2.45, 2.75) is 6.54 Å². The Labute approximate surface area is 99.2 Å². The van der Waals surface area contributed by atoms with E-state index in [4.69, 9.17) is 14.7 Å². The summed E-state index contributed by atoms with van der Waals surface area (Å²) in [5.74, 6) is 0.660. The average Bonchev–Trinajstić information content (AvgIpc) is 2.78. The van der Waals surface area contributed by atoms with Gasteiger partial charge in [-0.25, -0.2) is 4.98 Å². The van der Waals surface area contributed by atoms with Crippen molar-refractivity contribution in [3.63, 3.8) is 0 Å². The van der Waals surface area contributed by atoms with E-state index in [2.05, 4.69) is 11.1 Å². The third-order valence-corrected chi connectivity index (χ3v) is 2.56. The first-order valence-electron chi connectivity index (χ1n) is 5.22. The first-order valence-corrected chi connectivity index (χ1v) is 5.22. The zero-order valence-electron chi connectivity index (χ0n) is 9.80. The molecule has 0 aliphatic carbocycles. The van der Waals surface area contributed by atoms with Crippen molar-refractivity contribution in [1.82, 2.24) is 9.55 Å². The quantitative estimate of drug-likeness (QED) is 0.801. The Balaban J connectivity index is 2.55. The molecule has 2 rings (SSSR count). The normalized spacial score (nSPS) is 10.4. The molecule has 0 saturated heterocycles. The summed E-state index contributed by atoms with van der Waals surface area (Å²) in [6, 6.07) is 5.56. The molecule has 2 aromatic rings. The van der Waals surface area contributed by atoms with Crippen LogP contribution >= 0.6 is 0 Å². The van der Waals surface area contributed by atoms with Crippen LogP contribution in [-0.2, 0) is 11.3 Å². The van der Waals surface area contributed by atoms with Gasteiger partial charge in [-0.15, -0.1) is 0 Å². The molecule has 1 aromatic heterocycles. The van der Waals surface area contributed by atoms with Crippen LogP contribution in [0, 0.1) is 11.3 Å². The summed E-state index contributed by atoms with van der Waals surface area (Å²) < 4.78 is 12.3. The van der Waals surface area contributed by atoms with E-state index in [1.165, 1.54) is 0 Å². The third kappa shape index (κ3) is 2.08. The minimum atomic E-state index is 0.548. The van der Waals surface area contributed by atoms with E-state index >= 15 is 0 Å². The summed E-state index contributed by atoms with van der Waals surface area (Å²) in [4.78, 5) is 4.27. The number of rotatable bonds is 4. The highest BCUT2D eigenvalue weighted by molar-refractivity contribution is 5.83. The molecule has 0 amide bonds. The Kier molecular flexibility index (Phi) is 3.26. The maximum absolute atomic E-state index is 8.91. The van der Waals surface area contributed by atoms with E-state index in [9.17, 15) is 0 Å². The molecule has 17 heavy (non-hydrogen) atoms. The fraction of sp³-hybridized carbons (Fsp3) is 0.333. The van der Waals surface area contributed by atoms with Crippen LogP contribution in [0.15, 0.2) is 18.5 Å². The molecule has 0 aliphatic heterocycles. The molecular formula is C12H13N3O2. The molecule has 0 saturated carbocycles. The van der Waals surface area contributed by atoms with Crippen LogP contribution in [0.1, 0.15) is 5.56 Å². The number of imidazole rings is 1. The highest BCUT2D eigenvalue weighted by Crippen LogP contribution is 2.26. The van der Waals surface area contributed by atoms with Crippen molar-refractivity contribution in [2.24, 2.45) is 0 Å². The highest BCUT2D eigenvalue weighted by Gasteiger charge is 2.10. The summed E-state index contributed by atoms with van der Waals surface area (Å²) in [6.07, 6.45) is 1.73. The minimum absolute atomic E-state index is 0.548. The zero-order chi connectivity index (χ0) is 12.3. The number of hydrogen-bond donors (Lipinski definition) is 0. The van der Waals surface area contributed by atoms with Crippen molar-refractivity contribution in [3.8, 4) is 11.8 Å². The van der Waals surface area contributed by atoms with Crippen molar-refractivity contribution < 1.29 is 9.47 Å². The number of benzene rings is 1. The van der Waals surface area contributed by atoms with E-state index in [1.807, 2.05) is 4.57 Å². The van der Waals surface area contributed by atoms with Crippen LogP contribution in [0.5, 0.6) is 5.75 Å². The smallest absolute Gasteiger partial charge is 0.146 e. The van der Waals surface area contributed by atoms with Crippen molar-refractivity contribution in [1.29, 1.82) is 5.26 Å². The maximum atomic E-state index is 8.91. The molecule has 5 nitrogen and oxygen atoms in total. The molecule has 0 N–H and O–H groups in total. The predicted octanol–water partition coefficient (Wildman–Crippen LogP) is 1.56. The van der Waals surface area contributed by atoms with Crippen molar-refractivity contribution in [3.05, 3.63) is 24.0 Å². The Bertz CT molecular complexity index is 569. The summed E-state index contributed by atoms with van der Waals surface area (Å²) in [5, 5.41) is 8.91. The lowest BCUT2D eigenvalue weighted by Crippen LogP contribution is -2.03. The van der Waals surface area contributed by atoms with Crippen molar-refractivity contribution in [2.75, 3.05) is 20.8 Å². The topological polar surface area (TPSA) is 60.1 Å². The van der Waals surface area contributed by atoms with Crippen LogP contribution in [-0.4, -0.2) is 30.4 Å². The molecule has 5 heteroatoms. The van der Waals surface area contributed by atoms with Gasteiger partial charge in [0.05, 0.1) is 37.2 Å². The van der Waals surface area contributed by atoms with Gasteiger partial charge in [-0.05, 0) is 6.07 Å². The Morgan fingerprint density at radius 1 is 1.41 bits per heavy atom. The van der Waals surface area contributed by atoms with Gasteiger partial charge in [0.25, 0.3) is 0 Å². The van der Waals surface area contributed by atoms with Crippen LogP contribution in [0.3, 0.4) is 0 Å². The van der Waals surface area contributed by atoms with Gasteiger partial charge < -0.3 is 14.0 Å². The van der Waals surface area contributed by atoms with Gasteiger partial charge in [-0.3, -0.25) is 0 Å². The summed E-state index contributed by atoms with van der Waals surface area (Å²) in [7, 11) is 3.24. The zero-order valence-corrected chi connectivity index (χ0v) is 9.80. The number of fused-ring (bicyclic) bond motifs is 1. The summed E-state index contributed by atoms with van der Waals surface area (Å²) in [6.45, 7) is 1.31. The fourth-order valence-corrected chi connectivity index (χ4v) is 1.75. The molecule has 0 bridgehead atoms. The standard InChI is InChI=1S/C12H13N3O2/c1-16-4-3-15-8-14-10-5-9(7-13)6-11(17-2)12(10)15/h5-6,8H,3-4H2,1-2H3. The Morgan fingerprint density at radius 3 is 2.88 bits per heavy atom. The first kappa shape index (κ1) is 11.4. The van der Waals surface area contributed by atoms with Gasteiger partial charge in [-0.1, -0.05) is 0 Å². The summed E-state index contributed by atoms with van der Waals surface area (Å²) >= 11 is 0. The van der Waals surface area contributed by atoms with E-state index in [0.717, 1.165) is 11.0 Å². The first-order chi connectivity index (χ1) is 8.30. The molecule has 0 fully saturated rings. The number of methoxy groups -OCH3 is 2. The van der Waals surface area contributed by atoms with E-state index < -0.39 is 0 Å². The van der Waals surface area contributed by atoms with Crippen LogP contribution < -0.4 is 4.74 Å². The van der Waals surface area contributed by atoms with Crippen LogP contribution in [0.2, 0.25) is 0 Å². The van der Waals surface area contributed by atoms with Crippen LogP contribution in [0.4, 0.5) is 0 Å². The van der Waals surface area contributed by atoms with Gasteiger partial charge in [0, 0.05) is 19.7 Å². The van der Waals surface area contributed by atoms with Crippen LogP contribution in [0.25, 0.3) is 11.0 Å². The lowest BCUT2D eigenvalue weighted by atomic mass is 10.2. The van der Waals surface area contributed by atoms with Crippen molar-refractivity contribution >= 4 is 11.0 Å². The molecule has 0 spiro atoms. The Morgan fingerprint density at radius 2 is 2.24 bits per heavy atom. The largest absolute Gasteiger partial charge is 0.494 e. The molecular weight excluding hydrogens is 218 g/mol. The van der Waals surface area contributed by atoms with E-state index in [-0.39, 0.29) is 0 Å². The van der Waals surface area contributed by atoms with Gasteiger partial charge >= 0.3 is 0 Å². The minimum Gasteiger partial charge on any atom is -0.494 e. The second kappa shape index (κ2) is 4.85. The second-order valence-corrected chi connectivity index (χ2v) is 3.59. The van der Waals surface area contributed by atoms with E-state index in [0.29, 0.717) is 24.5 Å². The molecule has 0 aliphatic rings. The number of nitriles is 1. The second-order valence-electron chi connectivity index (χ2n) is 3.59. The molecule has 0 radical (unpaired) electrons. The number of aromatic nitrogens is 2. The molecule has 0 atom stereocenters. The third-order valence-electron chi connectivity index (χ3n) is 2.56. The lowest BCUT2D eigenvalue weighted by molar-refractivity contribution is 0.188. The SMILES string of the molecule is COCCn1cnc2cc(C#N)cc(OC)c21. The molecule has 1 aromatic carbocycles. The summed E-state index contributed by atoms with van der Waals surface area (Å²) in [5.41, 5.74) is 2.20. The average molecular weight is 231 g/mol. The number of nitrogens with zero attached hydrogens (tertiary/aromatic N) is 3. The monoisotopic (exact) mass is 231 g/mol. The highest BCUT2D eigenvalue weighted by atomic mass is 16.5. The number of hydrogen-bond acceptors (Lipinski definition) is 4. The van der Waals surface area contributed by atoms with Gasteiger partial charge in [0.1, 0.15) is 11.3 Å². The fourth-order valence-electron chi connectivity index (χ4n) is 1.75. The maximum Gasteiger partial charge on any atom is 0.146 e.